The second kappa shape index (κ2) is 8.54. The van der Waals surface area contributed by atoms with Gasteiger partial charge in [-0.1, -0.05) is 0 Å². The molecule has 1 heterocycles. The van der Waals surface area contributed by atoms with E-state index in [1.54, 1.807) is 24.3 Å². The van der Waals surface area contributed by atoms with Gasteiger partial charge in [0.05, 0.1) is 5.52 Å². The fourth-order valence-electron chi connectivity index (χ4n) is 4.45. The van der Waals surface area contributed by atoms with Crippen molar-refractivity contribution in [2.24, 2.45) is 5.92 Å². The number of carbonyl (C=O) groups excluding carboxylic acids is 1. The first-order valence-corrected chi connectivity index (χ1v) is 10.6. The monoisotopic (exact) mass is 408 g/mol. The second-order valence-electron chi connectivity index (χ2n) is 7.98. The van der Waals surface area contributed by atoms with Gasteiger partial charge in [0.15, 0.2) is 0 Å². The molecule has 0 spiro atoms. The molecule has 1 aromatic heterocycles. The van der Waals surface area contributed by atoms with Crippen LogP contribution in [0.4, 0.5) is 4.39 Å². The molecular formula is C24H25FN2OS. The van der Waals surface area contributed by atoms with Gasteiger partial charge in [-0.3, -0.25) is 9.78 Å². The Kier molecular flexibility index (Phi) is 5.86. The molecule has 1 aliphatic carbocycles. The number of carbonyl (C=O) groups is 1. The van der Waals surface area contributed by atoms with Gasteiger partial charge in [-0.15, -0.1) is 12.6 Å². The lowest BCUT2D eigenvalue weighted by atomic mass is 9.75. The number of nitrogens with zero attached hydrogens (tertiary/aromatic N) is 1. The number of hydrogen-bond donors (Lipinski definition) is 2. The Hall–Kier alpha value is -2.40. The molecule has 3 nitrogen and oxygen atoms in total. The quantitative estimate of drug-likeness (QED) is 0.539. The van der Waals surface area contributed by atoms with Crippen molar-refractivity contribution in [3.63, 3.8) is 0 Å². The number of nitrogens with one attached hydrogen (secondary N) is 1. The molecule has 2 aromatic carbocycles. The maximum Gasteiger partial charge on any atom is 0.251 e. The van der Waals surface area contributed by atoms with Crippen LogP contribution >= 0.6 is 12.6 Å². The Bertz CT molecular complexity index is 1010. The molecule has 3 aromatic rings. The highest BCUT2D eigenvalue weighted by Crippen LogP contribution is 2.39. The Morgan fingerprint density at radius 2 is 1.83 bits per heavy atom. The number of benzene rings is 2. The summed E-state index contributed by atoms with van der Waals surface area (Å²) in [6.45, 7) is 2.09. The topological polar surface area (TPSA) is 42.0 Å². The molecule has 1 atom stereocenters. The van der Waals surface area contributed by atoms with E-state index in [4.69, 9.17) is 0 Å². The average Bonchev–Trinajstić information content (AvgIpc) is 2.74. The van der Waals surface area contributed by atoms with Crippen molar-refractivity contribution in [2.75, 3.05) is 0 Å². The van der Waals surface area contributed by atoms with E-state index in [2.05, 4.69) is 29.9 Å². The zero-order chi connectivity index (χ0) is 20.4. The van der Waals surface area contributed by atoms with E-state index in [9.17, 15) is 9.18 Å². The minimum atomic E-state index is -0.220. The first-order chi connectivity index (χ1) is 14.0. The van der Waals surface area contributed by atoms with Gasteiger partial charge in [0, 0.05) is 28.1 Å². The average molecular weight is 409 g/mol. The zero-order valence-electron chi connectivity index (χ0n) is 16.4. The van der Waals surface area contributed by atoms with Crippen LogP contribution in [0.3, 0.4) is 0 Å². The third-order valence-electron chi connectivity index (χ3n) is 6.14. The van der Waals surface area contributed by atoms with E-state index >= 15 is 0 Å². The van der Waals surface area contributed by atoms with Crippen LogP contribution in [0.25, 0.3) is 10.9 Å². The SMILES string of the molecule is CC(NC(=O)c1ccc(S)cc1)C1CCC(c2ccnc3ccc(F)cc23)CC1. The standard InChI is InChI=1S/C24H25FN2OS/c1-15(27-24(28)18-6-9-20(29)10-7-18)16-2-4-17(5-3-16)21-12-13-26-23-11-8-19(25)14-22(21)23/h6-17,29H,2-5H2,1H3,(H,27,28). The van der Waals surface area contributed by atoms with Crippen LogP contribution in [0.1, 0.15) is 54.4 Å². The zero-order valence-corrected chi connectivity index (χ0v) is 17.3. The minimum absolute atomic E-state index is 0.0384. The fraction of sp³-hybridized carbons (Fsp3) is 0.333. The lowest BCUT2D eigenvalue weighted by Gasteiger charge is -2.33. The first kappa shape index (κ1) is 19.9. The van der Waals surface area contributed by atoms with E-state index in [1.165, 1.54) is 11.6 Å². The van der Waals surface area contributed by atoms with Crippen molar-refractivity contribution in [1.82, 2.24) is 10.3 Å². The van der Waals surface area contributed by atoms with Crippen LogP contribution in [0.2, 0.25) is 0 Å². The summed E-state index contributed by atoms with van der Waals surface area (Å²) < 4.78 is 13.8. The highest BCUT2D eigenvalue weighted by molar-refractivity contribution is 7.80. The van der Waals surface area contributed by atoms with E-state index in [0.29, 0.717) is 17.4 Å². The predicted octanol–water partition coefficient (Wildman–Crippen LogP) is 5.75. The Labute approximate surface area is 176 Å². The summed E-state index contributed by atoms with van der Waals surface area (Å²) >= 11 is 4.26. The third-order valence-corrected chi connectivity index (χ3v) is 6.44. The van der Waals surface area contributed by atoms with Crippen LogP contribution in [0.15, 0.2) is 59.6 Å². The van der Waals surface area contributed by atoms with Crippen molar-refractivity contribution >= 4 is 29.4 Å². The van der Waals surface area contributed by atoms with Crippen LogP contribution in [-0.2, 0) is 0 Å². The Morgan fingerprint density at radius 1 is 1.10 bits per heavy atom. The van der Waals surface area contributed by atoms with Gasteiger partial charge in [-0.2, -0.15) is 0 Å². The number of amides is 1. The molecule has 4 rings (SSSR count). The maximum absolute atomic E-state index is 13.8. The van der Waals surface area contributed by atoms with Crippen molar-refractivity contribution < 1.29 is 9.18 Å². The third kappa shape index (κ3) is 4.45. The van der Waals surface area contributed by atoms with E-state index in [-0.39, 0.29) is 17.8 Å². The molecule has 0 aliphatic heterocycles. The van der Waals surface area contributed by atoms with Crippen LogP contribution < -0.4 is 5.32 Å². The summed E-state index contributed by atoms with van der Waals surface area (Å²) in [5.74, 6) is 0.597. The van der Waals surface area contributed by atoms with Crippen molar-refractivity contribution in [3.05, 3.63) is 71.7 Å². The van der Waals surface area contributed by atoms with Gasteiger partial charge in [-0.25, -0.2) is 4.39 Å². The molecule has 1 N–H and O–H groups in total. The van der Waals surface area contributed by atoms with Crippen molar-refractivity contribution in [1.29, 1.82) is 0 Å². The summed E-state index contributed by atoms with van der Waals surface area (Å²) in [6.07, 6.45) is 5.98. The molecule has 1 fully saturated rings. The molecule has 1 amide bonds. The van der Waals surface area contributed by atoms with Crippen LogP contribution in [0, 0.1) is 11.7 Å². The number of pyridine rings is 1. The van der Waals surface area contributed by atoms with Gasteiger partial charge in [0.2, 0.25) is 0 Å². The Balaban J connectivity index is 1.40. The van der Waals surface area contributed by atoms with Crippen LogP contribution in [0.5, 0.6) is 0 Å². The molecule has 150 valence electrons. The maximum atomic E-state index is 13.8. The highest BCUT2D eigenvalue weighted by atomic mass is 32.1. The lowest BCUT2D eigenvalue weighted by Crippen LogP contribution is -2.39. The molecule has 0 bridgehead atoms. The van der Waals surface area contributed by atoms with E-state index in [0.717, 1.165) is 41.5 Å². The van der Waals surface area contributed by atoms with E-state index in [1.807, 2.05) is 24.4 Å². The number of thiol groups is 1. The fourth-order valence-corrected chi connectivity index (χ4v) is 4.60. The minimum Gasteiger partial charge on any atom is -0.349 e. The smallest absolute Gasteiger partial charge is 0.251 e. The summed E-state index contributed by atoms with van der Waals surface area (Å²) in [4.78, 5) is 17.7. The van der Waals surface area contributed by atoms with Crippen LogP contribution in [-0.4, -0.2) is 16.9 Å². The van der Waals surface area contributed by atoms with Crippen molar-refractivity contribution in [3.8, 4) is 0 Å². The molecule has 1 saturated carbocycles. The summed E-state index contributed by atoms with van der Waals surface area (Å²) in [5.41, 5.74) is 2.70. The van der Waals surface area contributed by atoms with Gasteiger partial charge in [0.1, 0.15) is 5.82 Å². The first-order valence-electron chi connectivity index (χ1n) is 10.2. The Morgan fingerprint density at radius 3 is 2.55 bits per heavy atom. The largest absolute Gasteiger partial charge is 0.349 e. The second-order valence-corrected chi connectivity index (χ2v) is 8.50. The molecule has 5 heteroatoms. The lowest BCUT2D eigenvalue weighted by molar-refractivity contribution is 0.0918. The highest BCUT2D eigenvalue weighted by Gasteiger charge is 2.28. The normalized spacial score (nSPS) is 20.4. The molecule has 29 heavy (non-hydrogen) atoms. The van der Waals surface area contributed by atoms with Gasteiger partial charge in [0.25, 0.3) is 5.91 Å². The number of halogens is 1. The summed E-state index contributed by atoms with van der Waals surface area (Å²) in [7, 11) is 0. The number of rotatable bonds is 4. The summed E-state index contributed by atoms with van der Waals surface area (Å²) in [5, 5.41) is 4.07. The number of fused-ring (bicyclic) bond motifs is 1. The van der Waals surface area contributed by atoms with Gasteiger partial charge in [-0.05, 0) is 98.5 Å². The molecule has 1 unspecified atom stereocenters. The van der Waals surface area contributed by atoms with Crippen molar-refractivity contribution in [2.45, 2.75) is 49.5 Å². The van der Waals surface area contributed by atoms with Gasteiger partial charge < -0.3 is 5.32 Å². The predicted molar refractivity (Wildman–Crippen MR) is 117 cm³/mol. The molecular weight excluding hydrogens is 383 g/mol. The molecule has 1 aliphatic rings. The molecule has 0 saturated heterocycles. The number of hydrogen-bond acceptors (Lipinski definition) is 3. The summed E-state index contributed by atoms with van der Waals surface area (Å²) in [6, 6.07) is 14.2. The van der Waals surface area contributed by atoms with Gasteiger partial charge >= 0.3 is 0 Å². The van der Waals surface area contributed by atoms with E-state index < -0.39 is 0 Å². The number of aromatic nitrogens is 1. The molecule has 0 radical (unpaired) electrons.